The lowest BCUT2D eigenvalue weighted by molar-refractivity contribution is -0.195. The van der Waals surface area contributed by atoms with Crippen molar-refractivity contribution in [2.45, 2.75) is 51.3 Å². The molecule has 0 bridgehead atoms. The Morgan fingerprint density at radius 2 is 1.75 bits per heavy atom. The third-order valence-electron chi connectivity index (χ3n) is 1.98. The van der Waals surface area contributed by atoms with Gasteiger partial charge in [-0.25, -0.2) is 0 Å². The van der Waals surface area contributed by atoms with E-state index in [1.165, 1.54) is 0 Å². The molecule has 0 aliphatic rings. The Bertz CT molecular complexity index is 285. The van der Waals surface area contributed by atoms with Crippen molar-refractivity contribution in [1.82, 2.24) is 0 Å². The van der Waals surface area contributed by atoms with Gasteiger partial charge < -0.3 is 0 Å². The van der Waals surface area contributed by atoms with Crippen molar-refractivity contribution in [3.05, 3.63) is 0 Å². The van der Waals surface area contributed by atoms with E-state index in [1.54, 1.807) is 0 Å². The van der Waals surface area contributed by atoms with Crippen LogP contribution in [0.3, 0.4) is 0 Å². The number of rotatable bonds is 7. The van der Waals surface area contributed by atoms with Gasteiger partial charge in [0.2, 0.25) is 0 Å². The van der Waals surface area contributed by atoms with Crippen molar-refractivity contribution in [3.8, 4) is 0 Å². The normalized spacial score (nSPS) is 15.1. The van der Waals surface area contributed by atoms with Gasteiger partial charge in [-0.05, 0) is 6.42 Å². The molecule has 0 aliphatic heterocycles. The first-order valence-electron chi connectivity index (χ1n) is 5.11. The average molecular weight is 262 g/mol. The zero-order chi connectivity index (χ0) is 12.8. The minimum Gasteiger partial charge on any atom is -0.257 e. The van der Waals surface area contributed by atoms with E-state index in [2.05, 4.69) is 4.18 Å². The first-order chi connectivity index (χ1) is 7.17. The molecule has 1 unspecified atom stereocenters. The fraction of sp³-hybridized carbons (Fsp3) is 1.00. The lowest BCUT2D eigenvalue weighted by atomic mass is 10.1. The van der Waals surface area contributed by atoms with Crippen LogP contribution < -0.4 is 0 Å². The minimum atomic E-state index is -4.63. The standard InChI is InChI=1S/C9H17F3O3S/c1-3-4-5-6-7-8(9(10,11)12)15-16(2,13)14/h8H,3-7H2,1-2H3. The highest BCUT2D eigenvalue weighted by atomic mass is 32.2. The quantitative estimate of drug-likeness (QED) is 0.523. The van der Waals surface area contributed by atoms with Gasteiger partial charge in [0.05, 0.1) is 6.26 Å². The Hall–Kier alpha value is -0.300. The summed E-state index contributed by atoms with van der Waals surface area (Å²) in [5.41, 5.74) is 0. The maximum atomic E-state index is 12.4. The molecule has 3 nitrogen and oxygen atoms in total. The summed E-state index contributed by atoms with van der Waals surface area (Å²) in [5, 5.41) is 0. The second-order valence-corrected chi connectivity index (χ2v) is 5.28. The van der Waals surface area contributed by atoms with Gasteiger partial charge in [-0.2, -0.15) is 21.6 Å². The van der Waals surface area contributed by atoms with Crippen LogP contribution in [0.2, 0.25) is 0 Å². The Morgan fingerprint density at radius 1 is 1.19 bits per heavy atom. The van der Waals surface area contributed by atoms with Crippen molar-refractivity contribution >= 4 is 10.1 Å². The van der Waals surface area contributed by atoms with E-state index in [0.717, 1.165) is 12.8 Å². The van der Waals surface area contributed by atoms with Crippen molar-refractivity contribution in [3.63, 3.8) is 0 Å². The summed E-state index contributed by atoms with van der Waals surface area (Å²) < 4.78 is 62.5. The molecule has 0 aromatic carbocycles. The molecule has 0 radical (unpaired) electrons. The minimum absolute atomic E-state index is 0.309. The molecular weight excluding hydrogens is 245 g/mol. The molecule has 0 amide bonds. The van der Waals surface area contributed by atoms with Crippen molar-refractivity contribution < 1.29 is 25.8 Å². The monoisotopic (exact) mass is 262 g/mol. The second-order valence-electron chi connectivity index (χ2n) is 3.68. The molecule has 0 saturated carbocycles. The largest absolute Gasteiger partial charge is 0.416 e. The molecule has 0 aromatic rings. The van der Waals surface area contributed by atoms with Crippen LogP contribution in [0.1, 0.15) is 39.0 Å². The molecule has 0 spiro atoms. The Kier molecular flexibility index (Phi) is 6.32. The van der Waals surface area contributed by atoms with Crippen LogP contribution in [0.25, 0.3) is 0 Å². The second kappa shape index (κ2) is 6.44. The molecule has 7 heteroatoms. The van der Waals surface area contributed by atoms with Crippen molar-refractivity contribution in [2.24, 2.45) is 0 Å². The molecule has 0 saturated heterocycles. The van der Waals surface area contributed by atoms with E-state index in [4.69, 9.17) is 0 Å². The van der Waals surface area contributed by atoms with Gasteiger partial charge in [0.25, 0.3) is 10.1 Å². The van der Waals surface area contributed by atoms with E-state index >= 15 is 0 Å². The van der Waals surface area contributed by atoms with E-state index in [0.29, 0.717) is 19.1 Å². The third kappa shape index (κ3) is 7.92. The SMILES string of the molecule is CCCCCCC(OS(C)(=O)=O)C(F)(F)F. The summed E-state index contributed by atoms with van der Waals surface area (Å²) in [6, 6.07) is 0. The zero-order valence-corrected chi connectivity index (χ0v) is 10.2. The number of hydrogen-bond donors (Lipinski definition) is 0. The first-order valence-corrected chi connectivity index (χ1v) is 6.93. The Balaban J connectivity index is 4.24. The lowest BCUT2D eigenvalue weighted by Gasteiger charge is -2.19. The fourth-order valence-corrected chi connectivity index (χ4v) is 1.86. The topological polar surface area (TPSA) is 43.4 Å². The maximum absolute atomic E-state index is 12.4. The van der Waals surface area contributed by atoms with E-state index in [-0.39, 0.29) is 6.42 Å². The van der Waals surface area contributed by atoms with Gasteiger partial charge in [0.15, 0.2) is 6.10 Å². The Labute approximate surface area is 94.1 Å². The van der Waals surface area contributed by atoms with Gasteiger partial charge in [-0.1, -0.05) is 32.6 Å². The molecule has 1 atom stereocenters. The van der Waals surface area contributed by atoms with Crippen LogP contribution >= 0.6 is 0 Å². The molecule has 0 aromatic heterocycles. The molecular formula is C9H17F3O3S. The van der Waals surface area contributed by atoms with Crippen LogP contribution in [-0.2, 0) is 14.3 Å². The first kappa shape index (κ1) is 15.7. The van der Waals surface area contributed by atoms with Gasteiger partial charge in [0.1, 0.15) is 0 Å². The zero-order valence-electron chi connectivity index (χ0n) is 9.38. The number of alkyl halides is 3. The third-order valence-corrected chi connectivity index (χ3v) is 2.56. The van der Waals surface area contributed by atoms with Crippen molar-refractivity contribution in [1.29, 1.82) is 0 Å². The van der Waals surface area contributed by atoms with E-state index in [9.17, 15) is 21.6 Å². The molecule has 0 aliphatic carbocycles. The van der Waals surface area contributed by atoms with Gasteiger partial charge in [-0.3, -0.25) is 4.18 Å². The summed E-state index contributed by atoms with van der Waals surface area (Å²) in [7, 11) is -4.07. The predicted molar refractivity (Wildman–Crippen MR) is 54.5 cm³/mol. The van der Waals surface area contributed by atoms with E-state index < -0.39 is 22.4 Å². The molecule has 16 heavy (non-hydrogen) atoms. The summed E-state index contributed by atoms with van der Waals surface area (Å²) >= 11 is 0. The highest BCUT2D eigenvalue weighted by molar-refractivity contribution is 7.86. The summed E-state index contributed by atoms with van der Waals surface area (Å²) in [6.45, 7) is 1.94. The lowest BCUT2D eigenvalue weighted by Crippen LogP contribution is -2.33. The summed E-state index contributed by atoms with van der Waals surface area (Å²) in [6.07, 6.45) is -3.82. The van der Waals surface area contributed by atoms with Crippen LogP contribution in [0.5, 0.6) is 0 Å². The highest BCUT2D eigenvalue weighted by Crippen LogP contribution is 2.28. The van der Waals surface area contributed by atoms with E-state index in [1.807, 2.05) is 6.92 Å². The summed E-state index contributed by atoms with van der Waals surface area (Å²) in [4.78, 5) is 0. The van der Waals surface area contributed by atoms with Gasteiger partial charge >= 0.3 is 6.18 Å². The number of halogens is 3. The number of hydrogen-bond acceptors (Lipinski definition) is 3. The Morgan fingerprint density at radius 3 is 2.12 bits per heavy atom. The molecule has 0 N–H and O–H groups in total. The van der Waals surface area contributed by atoms with Crippen molar-refractivity contribution in [2.75, 3.05) is 6.26 Å². The van der Waals surface area contributed by atoms with Crippen LogP contribution in [0.4, 0.5) is 13.2 Å². The maximum Gasteiger partial charge on any atom is 0.416 e. The highest BCUT2D eigenvalue weighted by Gasteiger charge is 2.42. The average Bonchev–Trinajstić information content (AvgIpc) is 2.06. The molecule has 0 rings (SSSR count). The van der Waals surface area contributed by atoms with Gasteiger partial charge in [0, 0.05) is 0 Å². The molecule has 98 valence electrons. The summed E-state index contributed by atoms with van der Waals surface area (Å²) in [5.74, 6) is 0. The molecule has 0 heterocycles. The number of unbranched alkanes of at least 4 members (excludes halogenated alkanes) is 3. The van der Waals surface area contributed by atoms with Crippen LogP contribution in [-0.4, -0.2) is 27.0 Å². The van der Waals surface area contributed by atoms with Crippen LogP contribution in [0.15, 0.2) is 0 Å². The predicted octanol–water partition coefficient (Wildman–Crippen LogP) is 2.86. The smallest absolute Gasteiger partial charge is 0.257 e. The molecule has 0 fully saturated rings. The fourth-order valence-electron chi connectivity index (χ4n) is 1.23. The van der Waals surface area contributed by atoms with Crippen LogP contribution in [0, 0.1) is 0 Å². The van der Waals surface area contributed by atoms with Gasteiger partial charge in [-0.15, -0.1) is 0 Å².